The van der Waals surface area contributed by atoms with Crippen LogP contribution in [0, 0.1) is 0 Å². The highest BCUT2D eigenvalue weighted by Gasteiger charge is 2.15. The zero-order valence-corrected chi connectivity index (χ0v) is 13.4. The molecule has 0 atom stereocenters. The molecule has 1 aromatic rings. The molecule has 4 nitrogen and oxygen atoms in total. The topological polar surface area (TPSA) is 55.4 Å². The van der Waals surface area contributed by atoms with E-state index in [1.807, 2.05) is 0 Å². The smallest absolute Gasteiger partial charge is 0.411 e. The van der Waals surface area contributed by atoms with Crippen LogP contribution in [-0.2, 0) is 4.74 Å². The van der Waals surface area contributed by atoms with Crippen molar-refractivity contribution in [2.75, 3.05) is 10.6 Å². The van der Waals surface area contributed by atoms with Gasteiger partial charge in [-0.15, -0.1) is 0 Å². The van der Waals surface area contributed by atoms with Crippen LogP contribution >= 0.6 is 39.1 Å². The Morgan fingerprint density at radius 1 is 1.32 bits per heavy atom. The average molecular weight is 369 g/mol. The number of halogens is 3. The summed E-state index contributed by atoms with van der Waals surface area (Å²) in [6.07, 6.45) is -0.912. The summed E-state index contributed by atoms with van der Waals surface area (Å²) in [5, 5.41) is 2.97. The van der Waals surface area contributed by atoms with Gasteiger partial charge in [-0.25, -0.2) is 4.79 Å². The van der Waals surface area contributed by atoms with Gasteiger partial charge in [0.1, 0.15) is 0 Å². The van der Waals surface area contributed by atoms with Gasteiger partial charge < -0.3 is 4.74 Å². The van der Waals surface area contributed by atoms with Crippen LogP contribution in [0.3, 0.4) is 0 Å². The van der Waals surface area contributed by atoms with E-state index in [0.717, 1.165) is 0 Å². The minimum absolute atomic E-state index is 0.153. The molecule has 0 aliphatic carbocycles. The summed E-state index contributed by atoms with van der Waals surface area (Å²) >= 11 is 15.0. The molecule has 0 saturated carbocycles. The molecule has 0 saturated heterocycles. The lowest BCUT2D eigenvalue weighted by Gasteiger charge is -2.12. The lowest BCUT2D eigenvalue weighted by molar-refractivity contribution is 0.102. The van der Waals surface area contributed by atoms with Crippen LogP contribution in [0.4, 0.5) is 10.5 Å². The number of hydrogen-bond donors (Lipinski definition) is 1. The molecule has 1 amide bonds. The Balaban J connectivity index is 2.97. The van der Waals surface area contributed by atoms with Gasteiger partial charge in [0.25, 0.3) is 0 Å². The molecule has 1 rings (SSSR count). The highest BCUT2D eigenvalue weighted by atomic mass is 79.9. The first-order chi connectivity index (χ1) is 8.85. The maximum absolute atomic E-state index is 11.5. The van der Waals surface area contributed by atoms with Crippen molar-refractivity contribution in [1.82, 2.24) is 0 Å². The van der Waals surface area contributed by atoms with Crippen LogP contribution < -0.4 is 5.32 Å². The fraction of sp³-hybridized carbons (Fsp3) is 0.333. The summed E-state index contributed by atoms with van der Waals surface area (Å²) in [5.41, 5.74) is 0.592. The van der Waals surface area contributed by atoms with Crippen molar-refractivity contribution >= 4 is 56.7 Å². The third-order valence-corrected chi connectivity index (χ3v) is 3.16. The second-order valence-electron chi connectivity index (χ2n) is 3.95. The molecular formula is C12H12BrCl2NO3. The fourth-order valence-electron chi connectivity index (χ4n) is 1.28. The number of rotatable bonds is 4. The second-order valence-corrected chi connectivity index (χ2v) is 5.33. The van der Waals surface area contributed by atoms with Gasteiger partial charge in [-0.05, 0) is 26.0 Å². The SMILES string of the molecule is CC(C)OC(=O)Nc1c(Cl)cc(C(=O)CBr)cc1Cl. The van der Waals surface area contributed by atoms with E-state index in [4.69, 9.17) is 27.9 Å². The summed E-state index contributed by atoms with van der Waals surface area (Å²) in [5.74, 6) is -0.153. The Morgan fingerprint density at radius 3 is 2.26 bits per heavy atom. The van der Waals surface area contributed by atoms with Crippen LogP contribution in [0.15, 0.2) is 12.1 Å². The van der Waals surface area contributed by atoms with E-state index in [2.05, 4.69) is 21.2 Å². The van der Waals surface area contributed by atoms with E-state index in [0.29, 0.717) is 5.56 Å². The molecule has 0 spiro atoms. The minimum Gasteiger partial charge on any atom is -0.447 e. The number of amides is 1. The first-order valence-corrected chi connectivity index (χ1v) is 7.28. The molecule has 19 heavy (non-hydrogen) atoms. The number of ketones is 1. The summed E-state index contributed by atoms with van der Waals surface area (Å²) in [6, 6.07) is 2.89. The number of alkyl halides is 1. The maximum Gasteiger partial charge on any atom is 0.411 e. The van der Waals surface area contributed by atoms with E-state index in [9.17, 15) is 9.59 Å². The van der Waals surface area contributed by atoms with E-state index >= 15 is 0 Å². The third kappa shape index (κ3) is 4.67. The lowest BCUT2D eigenvalue weighted by atomic mass is 10.1. The van der Waals surface area contributed by atoms with Crippen molar-refractivity contribution in [1.29, 1.82) is 0 Å². The summed E-state index contributed by atoms with van der Waals surface area (Å²) in [7, 11) is 0. The molecule has 7 heteroatoms. The van der Waals surface area contributed by atoms with E-state index < -0.39 is 6.09 Å². The number of anilines is 1. The zero-order valence-electron chi connectivity index (χ0n) is 10.3. The Kier molecular flexibility index (Phi) is 6.10. The quantitative estimate of drug-likeness (QED) is 0.627. The maximum atomic E-state index is 11.5. The van der Waals surface area contributed by atoms with Gasteiger partial charge >= 0.3 is 6.09 Å². The largest absolute Gasteiger partial charge is 0.447 e. The van der Waals surface area contributed by atoms with Crippen LogP contribution in [0.1, 0.15) is 24.2 Å². The Morgan fingerprint density at radius 2 is 1.84 bits per heavy atom. The highest BCUT2D eigenvalue weighted by molar-refractivity contribution is 9.09. The molecule has 0 aromatic heterocycles. The van der Waals surface area contributed by atoms with Crippen LogP contribution in [0.5, 0.6) is 0 Å². The number of Topliss-reactive ketones (excluding diaryl/α,β-unsaturated/α-hetero) is 1. The molecule has 0 heterocycles. The number of carbonyl (C=O) groups excluding carboxylic acids is 2. The summed E-state index contributed by atoms with van der Waals surface area (Å²) < 4.78 is 4.92. The van der Waals surface area contributed by atoms with Crippen molar-refractivity contribution in [2.45, 2.75) is 20.0 Å². The standard InChI is InChI=1S/C12H12BrCl2NO3/c1-6(2)19-12(18)16-11-8(14)3-7(4-9(11)15)10(17)5-13/h3-4,6H,5H2,1-2H3,(H,16,18). The normalized spacial score (nSPS) is 10.4. The van der Waals surface area contributed by atoms with Crippen LogP contribution in [-0.4, -0.2) is 23.3 Å². The Labute approximate surface area is 129 Å². The summed E-state index contributed by atoms with van der Waals surface area (Å²) in [6.45, 7) is 3.45. The van der Waals surface area contributed by atoms with Gasteiger partial charge in [0.2, 0.25) is 0 Å². The molecular weight excluding hydrogens is 357 g/mol. The predicted molar refractivity (Wildman–Crippen MR) is 79.8 cm³/mol. The zero-order chi connectivity index (χ0) is 14.6. The molecule has 104 valence electrons. The van der Waals surface area contributed by atoms with Gasteiger partial charge in [0.05, 0.1) is 27.2 Å². The number of benzene rings is 1. The highest BCUT2D eigenvalue weighted by Crippen LogP contribution is 2.32. The minimum atomic E-state index is -0.654. The Bertz CT molecular complexity index is 483. The van der Waals surface area contributed by atoms with Crippen LogP contribution in [0.25, 0.3) is 0 Å². The van der Waals surface area contributed by atoms with Gasteiger partial charge in [0, 0.05) is 5.56 Å². The third-order valence-electron chi connectivity index (χ3n) is 2.06. The van der Waals surface area contributed by atoms with Gasteiger partial charge in [-0.3, -0.25) is 10.1 Å². The number of carbonyl (C=O) groups is 2. The molecule has 0 radical (unpaired) electrons. The van der Waals surface area contributed by atoms with Crippen LogP contribution in [0.2, 0.25) is 10.0 Å². The monoisotopic (exact) mass is 367 g/mol. The van der Waals surface area contributed by atoms with E-state index in [-0.39, 0.29) is 32.9 Å². The number of ether oxygens (including phenoxy) is 1. The van der Waals surface area contributed by atoms with Crippen molar-refractivity contribution < 1.29 is 14.3 Å². The first-order valence-electron chi connectivity index (χ1n) is 5.41. The van der Waals surface area contributed by atoms with Gasteiger partial charge in [0.15, 0.2) is 5.78 Å². The molecule has 1 N–H and O–H groups in total. The number of hydrogen-bond acceptors (Lipinski definition) is 3. The molecule has 1 aromatic carbocycles. The first kappa shape index (κ1) is 16.3. The van der Waals surface area contributed by atoms with Crippen molar-refractivity contribution in [3.63, 3.8) is 0 Å². The number of nitrogens with one attached hydrogen (secondary N) is 1. The molecule has 0 fully saturated rings. The second kappa shape index (κ2) is 7.12. The van der Waals surface area contributed by atoms with Gasteiger partial charge in [-0.1, -0.05) is 39.1 Å². The lowest BCUT2D eigenvalue weighted by Crippen LogP contribution is -2.18. The summed E-state index contributed by atoms with van der Waals surface area (Å²) in [4.78, 5) is 23.0. The van der Waals surface area contributed by atoms with E-state index in [1.165, 1.54) is 12.1 Å². The van der Waals surface area contributed by atoms with Crippen molar-refractivity contribution in [3.8, 4) is 0 Å². The molecule has 0 aliphatic rings. The van der Waals surface area contributed by atoms with Crippen molar-refractivity contribution in [2.24, 2.45) is 0 Å². The molecule has 0 unspecified atom stereocenters. The average Bonchev–Trinajstić information content (AvgIpc) is 2.31. The van der Waals surface area contributed by atoms with Crippen molar-refractivity contribution in [3.05, 3.63) is 27.7 Å². The molecule has 0 aliphatic heterocycles. The van der Waals surface area contributed by atoms with E-state index in [1.54, 1.807) is 13.8 Å². The predicted octanol–water partition coefficient (Wildman–Crippen LogP) is 4.53. The fourth-order valence-corrected chi connectivity index (χ4v) is 2.18. The van der Waals surface area contributed by atoms with Gasteiger partial charge in [-0.2, -0.15) is 0 Å². The Hall–Kier alpha value is -0.780. The molecule has 0 bridgehead atoms.